The first-order valence-corrected chi connectivity index (χ1v) is 15.7. The van der Waals surface area contributed by atoms with Gasteiger partial charge in [0.05, 0.1) is 13.2 Å². The van der Waals surface area contributed by atoms with Gasteiger partial charge in [-0.3, -0.25) is 4.79 Å². The normalized spacial score (nSPS) is 34.0. The molecule has 9 N–H and O–H groups in total. The molecule has 12 heteroatoms. The number of ketones is 1. The van der Waals surface area contributed by atoms with Crippen LogP contribution in [0.15, 0.2) is 30.3 Å². The predicted octanol–water partition coefficient (Wildman–Crippen LogP) is -2.07. The summed E-state index contributed by atoms with van der Waals surface area (Å²) < 4.78 is 11.1. The van der Waals surface area contributed by atoms with Crippen molar-refractivity contribution >= 4 is 5.78 Å². The topological polar surface area (TPSA) is 209 Å². The van der Waals surface area contributed by atoms with Gasteiger partial charge >= 0.3 is 0 Å². The highest BCUT2D eigenvalue weighted by atomic mass is 16.5. The van der Waals surface area contributed by atoms with Crippen LogP contribution in [0.1, 0.15) is 52.4 Å². The molecule has 2 aromatic rings. The molecule has 47 heavy (non-hydrogen) atoms. The van der Waals surface area contributed by atoms with Gasteiger partial charge in [-0.15, -0.1) is 0 Å². The van der Waals surface area contributed by atoms with Gasteiger partial charge in [-0.05, 0) is 73.3 Å². The number of benzene rings is 2. The molecular formula is C35H39NO11. The van der Waals surface area contributed by atoms with E-state index in [4.69, 9.17) is 9.47 Å². The molecular weight excluding hydrogens is 610 g/mol. The van der Waals surface area contributed by atoms with Gasteiger partial charge in [-0.25, -0.2) is 0 Å². The zero-order chi connectivity index (χ0) is 33.6. The van der Waals surface area contributed by atoms with Crippen LogP contribution in [0.4, 0.5) is 0 Å². The first kappa shape index (κ1) is 33.7. The van der Waals surface area contributed by atoms with Crippen molar-refractivity contribution in [1.82, 2.24) is 5.32 Å². The lowest BCUT2D eigenvalue weighted by atomic mass is 9.69. The molecule has 0 unspecified atom stereocenters. The molecule has 3 fully saturated rings. The Labute approximate surface area is 271 Å². The lowest BCUT2D eigenvalue weighted by Gasteiger charge is -2.38. The monoisotopic (exact) mass is 649 g/mol. The fourth-order valence-corrected chi connectivity index (χ4v) is 7.30. The van der Waals surface area contributed by atoms with Gasteiger partial charge in [0.15, 0.2) is 5.78 Å². The van der Waals surface area contributed by atoms with Gasteiger partial charge in [-0.1, -0.05) is 35.8 Å². The van der Waals surface area contributed by atoms with E-state index < -0.39 is 79.7 Å². The number of piperidine rings is 1. The summed E-state index contributed by atoms with van der Waals surface area (Å²) in [5.41, 5.74) is 4.57. The number of fused-ring (bicyclic) bond motifs is 5. The van der Waals surface area contributed by atoms with Crippen molar-refractivity contribution in [3.63, 3.8) is 0 Å². The fourth-order valence-electron chi connectivity index (χ4n) is 7.30. The van der Waals surface area contributed by atoms with Crippen LogP contribution in [0.3, 0.4) is 0 Å². The maximum absolute atomic E-state index is 13.4. The standard InChI is InChI=1S/C35H39NO11/c1-17(39)27-19(5-9-24-30(41)34(45)32(43)26(16-38)47-24)4-7-21-20-6-2-18(14-22(20)35(28(21)27)10-12-36-13-11-35)3-8-23-29(40)33(44)31(42)25(15-37)46-23/h2,4,6-7,14,23-26,29-34,36-38,40-45H,10-13,15-16H2,1H3/t23-,24-,25-,26-,29-,30-,31-,32-,33-,34-/m1/s1. The molecule has 0 saturated carbocycles. The molecule has 0 amide bonds. The first-order valence-electron chi connectivity index (χ1n) is 15.7. The number of ether oxygens (including phenoxy) is 2. The Kier molecular flexibility index (Phi) is 9.57. The number of rotatable bonds is 3. The summed E-state index contributed by atoms with van der Waals surface area (Å²) in [6, 6.07) is 9.36. The van der Waals surface area contributed by atoms with E-state index in [2.05, 4.69) is 29.0 Å². The van der Waals surface area contributed by atoms with Crippen LogP contribution in [0.5, 0.6) is 0 Å². The summed E-state index contributed by atoms with van der Waals surface area (Å²) in [4.78, 5) is 13.4. The van der Waals surface area contributed by atoms with Crippen LogP contribution < -0.4 is 5.32 Å². The van der Waals surface area contributed by atoms with Gasteiger partial charge in [0.25, 0.3) is 0 Å². The number of hydrogen-bond acceptors (Lipinski definition) is 12. The van der Waals surface area contributed by atoms with Crippen LogP contribution in [0, 0.1) is 23.7 Å². The highest BCUT2D eigenvalue weighted by Gasteiger charge is 2.47. The molecule has 6 rings (SSSR count). The van der Waals surface area contributed by atoms with Crippen molar-refractivity contribution in [3.05, 3.63) is 58.1 Å². The van der Waals surface area contributed by atoms with E-state index in [9.17, 15) is 45.6 Å². The summed E-state index contributed by atoms with van der Waals surface area (Å²) in [6.07, 6.45) is -12.3. The molecule has 0 radical (unpaired) electrons. The summed E-state index contributed by atoms with van der Waals surface area (Å²) in [6.45, 7) is 1.73. The van der Waals surface area contributed by atoms with E-state index in [1.807, 2.05) is 24.3 Å². The average Bonchev–Trinajstić information content (AvgIpc) is 3.33. The maximum Gasteiger partial charge on any atom is 0.161 e. The third kappa shape index (κ3) is 5.80. The molecule has 12 nitrogen and oxygen atoms in total. The van der Waals surface area contributed by atoms with E-state index in [1.54, 1.807) is 6.07 Å². The van der Waals surface area contributed by atoms with Gasteiger partial charge in [-0.2, -0.15) is 0 Å². The second-order valence-electron chi connectivity index (χ2n) is 12.6. The third-order valence-electron chi connectivity index (χ3n) is 9.81. The molecule has 3 aliphatic heterocycles. The molecule has 0 aromatic heterocycles. The number of aliphatic hydroxyl groups is 8. The molecule has 3 saturated heterocycles. The number of carbonyl (C=O) groups excluding carboxylic acids is 1. The fraction of sp³-hybridized carbons (Fsp3) is 0.514. The molecule has 2 aromatic carbocycles. The van der Waals surface area contributed by atoms with Crippen molar-refractivity contribution in [2.45, 2.75) is 86.2 Å². The second-order valence-corrected chi connectivity index (χ2v) is 12.6. The van der Waals surface area contributed by atoms with Crippen LogP contribution in [-0.2, 0) is 14.9 Å². The Balaban J connectivity index is 1.40. The largest absolute Gasteiger partial charge is 0.394 e. The highest BCUT2D eigenvalue weighted by molar-refractivity contribution is 6.02. The Morgan fingerprint density at radius 3 is 1.89 bits per heavy atom. The molecule has 10 atom stereocenters. The van der Waals surface area contributed by atoms with Crippen molar-refractivity contribution in [3.8, 4) is 34.8 Å². The smallest absolute Gasteiger partial charge is 0.161 e. The van der Waals surface area contributed by atoms with Gasteiger partial charge in [0.2, 0.25) is 0 Å². The van der Waals surface area contributed by atoms with Gasteiger partial charge in [0, 0.05) is 22.1 Å². The minimum absolute atomic E-state index is 0.201. The molecule has 3 heterocycles. The Hall–Kier alpha value is -3.21. The van der Waals surface area contributed by atoms with Crippen molar-refractivity contribution < 1.29 is 55.1 Å². The number of carbonyl (C=O) groups is 1. The van der Waals surface area contributed by atoms with E-state index in [1.165, 1.54) is 6.92 Å². The van der Waals surface area contributed by atoms with Crippen LogP contribution in [0.2, 0.25) is 0 Å². The minimum atomic E-state index is -1.57. The van der Waals surface area contributed by atoms with Crippen molar-refractivity contribution in [1.29, 1.82) is 0 Å². The van der Waals surface area contributed by atoms with E-state index >= 15 is 0 Å². The Bertz CT molecular complexity index is 1640. The molecule has 0 bridgehead atoms. The number of aliphatic hydroxyl groups excluding tert-OH is 8. The van der Waals surface area contributed by atoms with E-state index in [0.717, 1.165) is 22.3 Å². The van der Waals surface area contributed by atoms with Crippen LogP contribution >= 0.6 is 0 Å². The van der Waals surface area contributed by atoms with Gasteiger partial charge in [0.1, 0.15) is 61.0 Å². The lowest BCUT2D eigenvalue weighted by molar-refractivity contribution is -0.214. The summed E-state index contributed by atoms with van der Waals surface area (Å²) in [5, 5.41) is 84.1. The maximum atomic E-state index is 13.4. The Morgan fingerprint density at radius 1 is 0.787 bits per heavy atom. The lowest BCUT2D eigenvalue weighted by Crippen LogP contribution is -2.58. The van der Waals surface area contributed by atoms with Crippen molar-refractivity contribution in [2.75, 3.05) is 26.3 Å². The summed E-state index contributed by atoms with van der Waals surface area (Å²) >= 11 is 0. The van der Waals surface area contributed by atoms with Crippen LogP contribution in [0.25, 0.3) is 11.1 Å². The highest BCUT2D eigenvalue weighted by Crippen LogP contribution is 2.55. The summed E-state index contributed by atoms with van der Waals surface area (Å²) in [5.74, 6) is 11.4. The van der Waals surface area contributed by atoms with Gasteiger partial charge < -0.3 is 55.6 Å². The minimum Gasteiger partial charge on any atom is -0.394 e. The quantitative estimate of drug-likeness (QED) is 0.130. The number of Topliss-reactive ketones (excluding diaryl/α,β-unsaturated/α-hetero) is 1. The molecule has 1 spiro atoms. The zero-order valence-corrected chi connectivity index (χ0v) is 25.7. The molecule has 1 aliphatic carbocycles. The van der Waals surface area contributed by atoms with E-state index in [0.29, 0.717) is 42.6 Å². The van der Waals surface area contributed by atoms with E-state index in [-0.39, 0.29) is 5.78 Å². The zero-order valence-electron chi connectivity index (χ0n) is 25.7. The number of nitrogens with one attached hydrogen (secondary N) is 1. The first-order chi connectivity index (χ1) is 22.5. The van der Waals surface area contributed by atoms with Crippen molar-refractivity contribution in [2.24, 2.45) is 0 Å². The SMILES string of the molecule is CC(=O)c1c(C#C[C@H]2O[C@H](CO)[C@@H](O)[C@H](O)[C@@H]2O)ccc2c1C1(CCNCC1)c1cc(C#C[C@H]3O[C@H](CO)[C@@H](O)[C@H](O)[C@@H]3O)ccc1-2. The Morgan fingerprint density at radius 2 is 1.34 bits per heavy atom. The average molecular weight is 650 g/mol. The third-order valence-corrected chi connectivity index (χ3v) is 9.81. The predicted molar refractivity (Wildman–Crippen MR) is 166 cm³/mol. The summed E-state index contributed by atoms with van der Waals surface area (Å²) in [7, 11) is 0. The number of hydrogen-bond donors (Lipinski definition) is 9. The van der Waals surface area contributed by atoms with Crippen LogP contribution in [-0.4, -0.2) is 134 Å². The molecule has 4 aliphatic rings. The second kappa shape index (κ2) is 13.4. The molecule has 250 valence electrons.